The maximum atomic E-state index is 12.9. The van der Waals surface area contributed by atoms with Gasteiger partial charge in [0, 0.05) is 22.3 Å². The third-order valence-corrected chi connectivity index (χ3v) is 4.95. The first-order valence-corrected chi connectivity index (χ1v) is 8.33. The van der Waals surface area contributed by atoms with Gasteiger partial charge >= 0.3 is 0 Å². The third kappa shape index (κ3) is 2.11. The highest BCUT2D eigenvalue weighted by atomic mass is 16.1. The van der Waals surface area contributed by atoms with E-state index in [9.17, 15) is 9.59 Å². The molecule has 0 fully saturated rings. The molecule has 118 valence electrons. The third-order valence-electron chi connectivity index (χ3n) is 4.95. The maximum Gasteiger partial charge on any atom is 0.194 e. The van der Waals surface area contributed by atoms with Crippen molar-refractivity contribution < 1.29 is 9.59 Å². The Bertz CT molecular complexity index is 1100. The highest BCUT2D eigenvalue weighted by Gasteiger charge is 2.29. The second kappa shape index (κ2) is 5.12. The Kier molecular flexibility index (Phi) is 2.89. The van der Waals surface area contributed by atoms with E-state index in [1.807, 2.05) is 24.3 Å². The Balaban J connectivity index is 1.84. The first-order chi connectivity index (χ1) is 12.2. The molecule has 5 rings (SSSR count). The molecule has 2 aromatic rings. The Hall–Kier alpha value is -3.26. The van der Waals surface area contributed by atoms with E-state index in [1.165, 1.54) is 11.1 Å². The molecule has 2 aromatic carbocycles. The van der Waals surface area contributed by atoms with Crippen LogP contribution in [0.3, 0.4) is 0 Å². The zero-order valence-corrected chi connectivity index (χ0v) is 13.5. The van der Waals surface area contributed by atoms with Gasteiger partial charge in [0.1, 0.15) is 0 Å². The van der Waals surface area contributed by atoms with Gasteiger partial charge in [-0.05, 0) is 40.1 Å². The molecule has 0 heterocycles. The van der Waals surface area contributed by atoms with Gasteiger partial charge in [-0.2, -0.15) is 0 Å². The van der Waals surface area contributed by atoms with E-state index in [1.54, 1.807) is 24.3 Å². The largest absolute Gasteiger partial charge is 0.289 e. The van der Waals surface area contributed by atoms with Crippen LogP contribution in [-0.4, -0.2) is 11.6 Å². The van der Waals surface area contributed by atoms with Crippen molar-refractivity contribution in [1.29, 1.82) is 0 Å². The Morgan fingerprint density at radius 3 is 1.60 bits per heavy atom. The summed E-state index contributed by atoms with van der Waals surface area (Å²) in [4.78, 5) is 25.8. The minimum absolute atomic E-state index is 0.0704. The van der Waals surface area contributed by atoms with Gasteiger partial charge in [0.05, 0.1) is 0 Å². The van der Waals surface area contributed by atoms with Crippen LogP contribution in [0.4, 0.5) is 0 Å². The molecule has 0 N–H and O–H groups in total. The molecule has 0 aromatic heterocycles. The highest BCUT2D eigenvalue weighted by Crippen LogP contribution is 2.26. The van der Waals surface area contributed by atoms with E-state index in [0.29, 0.717) is 22.3 Å². The molecule has 0 saturated heterocycles. The number of ketones is 2. The Morgan fingerprint density at radius 2 is 1.12 bits per heavy atom. The lowest BCUT2D eigenvalue weighted by molar-refractivity contribution is 0.0979. The van der Waals surface area contributed by atoms with Gasteiger partial charge in [-0.15, -0.1) is 0 Å². The number of rotatable bonds is 0. The zero-order valence-electron chi connectivity index (χ0n) is 13.5. The van der Waals surface area contributed by atoms with Gasteiger partial charge in [0.15, 0.2) is 11.6 Å². The van der Waals surface area contributed by atoms with Gasteiger partial charge in [0.2, 0.25) is 0 Å². The van der Waals surface area contributed by atoms with E-state index in [-0.39, 0.29) is 11.6 Å². The fourth-order valence-electron chi connectivity index (χ4n) is 3.74. The zero-order chi connectivity index (χ0) is 17.0. The van der Waals surface area contributed by atoms with Crippen LogP contribution in [0.15, 0.2) is 71.8 Å². The van der Waals surface area contributed by atoms with Crippen molar-refractivity contribution in [3.63, 3.8) is 0 Å². The molecule has 0 amide bonds. The first-order valence-electron chi connectivity index (χ1n) is 8.33. The molecule has 25 heavy (non-hydrogen) atoms. The van der Waals surface area contributed by atoms with Crippen LogP contribution >= 0.6 is 0 Å². The standard InChI is InChI=1S/C23H14O2/c24-22-18-7-3-4-8-19(18)23(25)21-13-17-11-15-6-2-1-5-14(9-15)10-16(17)12-20(21)22/h1-8,10-13H,9H2. The van der Waals surface area contributed by atoms with Crippen molar-refractivity contribution in [3.8, 4) is 0 Å². The van der Waals surface area contributed by atoms with Gasteiger partial charge in [-0.1, -0.05) is 60.7 Å². The minimum atomic E-state index is -0.0704. The summed E-state index contributed by atoms with van der Waals surface area (Å²) in [6.07, 6.45) is 13.3. The van der Waals surface area contributed by atoms with Crippen LogP contribution in [-0.2, 0) is 0 Å². The van der Waals surface area contributed by atoms with Crippen molar-refractivity contribution in [3.05, 3.63) is 105 Å². The topological polar surface area (TPSA) is 34.1 Å². The van der Waals surface area contributed by atoms with Crippen LogP contribution < -0.4 is 10.4 Å². The molecule has 2 nitrogen and oxygen atoms in total. The number of benzene rings is 2. The number of fused-ring (bicyclic) bond motifs is 5. The summed E-state index contributed by atoms with van der Waals surface area (Å²) >= 11 is 0. The average Bonchev–Trinajstić information content (AvgIpc) is 2.95. The normalized spacial score (nSPS) is 17.0. The molecule has 3 aliphatic carbocycles. The number of carbonyl (C=O) groups excluding carboxylic acids is 2. The Morgan fingerprint density at radius 1 is 0.640 bits per heavy atom. The fourth-order valence-corrected chi connectivity index (χ4v) is 3.74. The summed E-state index contributed by atoms with van der Waals surface area (Å²) in [5.74, 6) is -0.141. The Labute approximate surface area is 144 Å². The molecule has 2 heteroatoms. The first kappa shape index (κ1) is 14.1. The van der Waals surface area contributed by atoms with E-state index >= 15 is 0 Å². The summed E-state index contributed by atoms with van der Waals surface area (Å²) in [7, 11) is 0. The molecular weight excluding hydrogens is 308 g/mol. The molecule has 0 spiro atoms. The molecule has 0 atom stereocenters. The number of carbonyl (C=O) groups is 2. The highest BCUT2D eigenvalue weighted by molar-refractivity contribution is 6.28. The molecule has 0 aliphatic heterocycles. The van der Waals surface area contributed by atoms with Crippen molar-refractivity contribution in [1.82, 2.24) is 0 Å². The predicted octanol–water partition coefficient (Wildman–Crippen LogP) is 2.85. The van der Waals surface area contributed by atoms with E-state index in [0.717, 1.165) is 16.9 Å². The van der Waals surface area contributed by atoms with Crippen molar-refractivity contribution in [2.24, 2.45) is 0 Å². The fraction of sp³-hybridized carbons (Fsp3) is 0.0435. The van der Waals surface area contributed by atoms with Crippen LogP contribution in [0.1, 0.15) is 38.3 Å². The maximum absolute atomic E-state index is 12.9. The molecule has 2 bridgehead atoms. The van der Waals surface area contributed by atoms with Crippen LogP contribution in [0.2, 0.25) is 0 Å². The molecule has 3 aliphatic rings. The van der Waals surface area contributed by atoms with Gasteiger partial charge in [-0.25, -0.2) is 0 Å². The van der Waals surface area contributed by atoms with Gasteiger partial charge < -0.3 is 0 Å². The van der Waals surface area contributed by atoms with Crippen molar-refractivity contribution >= 4 is 23.7 Å². The van der Waals surface area contributed by atoms with Crippen molar-refractivity contribution in [2.75, 3.05) is 0 Å². The van der Waals surface area contributed by atoms with Crippen molar-refractivity contribution in [2.45, 2.75) is 6.42 Å². The molecular formula is C23H14O2. The number of hydrogen-bond donors (Lipinski definition) is 0. The van der Waals surface area contributed by atoms with Gasteiger partial charge in [0.25, 0.3) is 0 Å². The summed E-state index contributed by atoms with van der Waals surface area (Å²) in [6.45, 7) is 0. The lowest BCUT2D eigenvalue weighted by Crippen LogP contribution is -2.31. The summed E-state index contributed by atoms with van der Waals surface area (Å²) in [5, 5.41) is 1.98. The second-order valence-corrected chi connectivity index (χ2v) is 6.56. The minimum Gasteiger partial charge on any atom is -0.289 e. The lowest BCUT2D eigenvalue weighted by atomic mass is 9.83. The average molecular weight is 322 g/mol. The number of allylic oxidation sites excluding steroid dienone is 6. The van der Waals surface area contributed by atoms with Crippen LogP contribution in [0, 0.1) is 0 Å². The van der Waals surface area contributed by atoms with E-state index in [2.05, 4.69) is 24.3 Å². The quantitative estimate of drug-likeness (QED) is 0.638. The monoisotopic (exact) mass is 322 g/mol. The van der Waals surface area contributed by atoms with E-state index < -0.39 is 0 Å². The lowest BCUT2D eigenvalue weighted by Gasteiger charge is -2.17. The van der Waals surface area contributed by atoms with E-state index in [4.69, 9.17) is 0 Å². The summed E-state index contributed by atoms with van der Waals surface area (Å²) < 4.78 is 0. The van der Waals surface area contributed by atoms with Crippen LogP contribution in [0.5, 0.6) is 0 Å². The van der Waals surface area contributed by atoms with Gasteiger partial charge in [-0.3, -0.25) is 9.59 Å². The predicted molar refractivity (Wildman–Crippen MR) is 97.9 cm³/mol. The second-order valence-electron chi connectivity index (χ2n) is 6.56. The smallest absolute Gasteiger partial charge is 0.194 e. The SMILES string of the molecule is O=C1c2ccccc2C(=O)c2cc3c(cc21)=CC1=CC=CC=C(C=3)C1. The molecule has 0 unspecified atom stereocenters. The number of hydrogen-bond acceptors (Lipinski definition) is 2. The molecule has 0 saturated carbocycles. The van der Waals surface area contributed by atoms with Crippen LogP contribution in [0.25, 0.3) is 12.2 Å². The summed E-state index contributed by atoms with van der Waals surface area (Å²) in [6, 6.07) is 10.8. The molecule has 0 radical (unpaired) electrons. The summed E-state index contributed by atoms with van der Waals surface area (Å²) in [5.41, 5.74) is 4.41.